The van der Waals surface area contributed by atoms with Gasteiger partial charge in [0.1, 0.15) is 13.2 Å². The first-order valence-corrected chi connectivity index (χ1v) is 9.21. The van der Waals surface area contributed by atoms with Gasteiger partial charge in [-0.3, -0.25) is 4.79 Å². The summed E-state index contributed by atoms with van der Waals surface area (Å²) in [5, 5.41) is 20.9. The number of β-amino-alcohol motifs (C(OH)–C–C–N with tert-alkyl or cyclic N) is 1. The fourth-order valence-electron chi connectivity index (χ4n) is 3.81. The van der Waals surface area contributed by atoms with Crippen LogP contribution in [0.25, 0.3) is 11.1 Å². The van der Waals surface area contributed by atoms with E-state index in [-0.39, 0.29) is 32.2 Å². The van der Waals surface area contributed by atoms with Gasteiger partial charge in [-0.25, -0.2) is 9.59 Å². The minimum Gasteiger partial charge on any atom is -0.479 e. The number of alkyl carbamates (subject to hydrolysis) is 1. The van der Waals surface area contributed by atoms with E-state index < -0.39 is 23.6 Å². The van der Waals surface area contributed by atoms with Crippen LogP contribution in [0.2, 0.25) is 0 Å². The number of aliphatic hydroxyl groups is 1. The molecule has 3 N–H and O–H groups in total. The van der Waals surface area contributed by atoms with Gasteiger partial charge in [0.2, 0.25) is 5.91 Å². The lowest BCUT2D eigenvalue weighted by molar-refractivity contribution is -0.181. The highest BCUT2D eigenvalue weighted by Gasteiger charge is 2.49. The normalized spacial score (nSPS) is 16.4. The van der Waals surface area contributed by atoms with Gasteiger partial charge in [0.05, 0.1) is 13.1 Å². The van der Waals surface area contributed by atoms with Gasteiger partial charge in [-0.2, -0.15) is 0 Å². The summed E-state index contributed by atoms with van der Waals surface area (Å²) in [6.45, 7) is -0.788. The van der Waals surface area contributed by atoms with Crippen LogP contribution in [0.3, 0.4) is 0 Å². The van der Waals surface area contributed by atoms with Crippen molar-refractivity contribution in [3.05, 3.63) is 59.7 Å². The lowest BCUT2D eigenvalue weighted by atomic mass is 9.94. The van der Waals surface area contributed by atoms with Gasteiger partial charge >= 0.3 is 12.1 Å². The van der Waals surface area contributed by atoms with E-state index in [0.29, 0.717) is 0 Å². The lowest BCUT2D eigenvalue weighted by Gasteiger charge is -2.43. The zero-order chi connectivity index (χ0) is 20.6. The molecule has 1 saturated heterocycles. The fourth-order valence-corrected chi connectivity index (χ4v) is 3.81. The van der Waals surface area contributed by atoms with Gasteiger partial charge in [-0.05, 0) is 22.3 Å². The number of hydrogen-bond donors (Lipinski definition) is 3. The standard InChI is InChI=1S/C21H20N2O6/c24-18(23-11-21(28,12-23)19(25)26)9-22-20(27)29-10-17-15-7-3-1-5-13(15)14-6-2-4-8-16(14)17/h1-8,17,28H,9-12H2,(H,22,27)(H,25,26). The molecule has 0 spiro atoms. The molecule has 0 radical (unpaired) electrons. The number of rotatable bonds is 5. The number of carbonyl (C=O) groups excluding carboxylic acids is 2. The van der Waals surface area contributed by atoms with Crippen molar-refractivity contribution in [3.63, 3.8) is 0 Å². The molecule has 150 valence electrons. The number of amides is 2. The Balaban J connectivity index is 1.31. The maximum Gasteiger partial charge on any atom is 0.407 e. The second kappa shape index (κ2) is 7.21. The van der Waals surface area contributed by atoms with Crippen molar-refractivity contribution in [1.29, 1.82) is 0 Å². The number of ether oxygens (including phenoxy) is 1. The topological polar surface area (TPSA) is 116 Å². The Hall–Kier alpha value is -3.39. The van der Waals surface area contributed by atoms with Gasteiger partial charge in [-0.15, -0.1) is 0 Å². The Kier molecular flexibility index (Phi) is 4.71. The minimum atomic E-state index is -1.90. The molecule has 1 aliphatic carbocycles. The largest absolute Gasteiger partial charge is 0.479 e. The van der Waals surface area contributed by atoms with Crippen LogP contribution in [-0.4, -0.2) is 64.9 Å². The maximum absolute atomic E-state index is 12.0. The van der Waals surface area contributed by atoms with Gasteiger partial charge < -0.3 is 25.2 Å². The summed E-state index contributed by atoms with van der Waals surface area (Å²) in [6.07, 6.45) is -0.728. The number of hydrogen-bond acceptors (Lipinski definition) is 5. The number of carboxylic acid groups (broad SMARTS) is 1. The predicted molar refractivity (Wildman–Crippen MR) is 102 cm³/mol. The van der Waals surface area contributed by atoms with Gasteiger partial charge in [-0.1, -0.05) is 48.5 Å². The highest BCUT2D eigenvalue weighted by atomic mass is 16.5. The first-order valence-electron chi connectivity index (χ1n) is 9.21. The van der Waals surface area contributed by atoms with Crippen LogP contribution in [0.15, 0.2) is 48.5 Å². The fraction of sp³-hybridized carbons (Fsp3) is 0.286. The molecule has 0 atom stereocenters. The lowest BCUT2D eigenvalue weighted by Crippen LogP contribution is -2.68. The van der Waals surface area contributed by atoms with Crippen molar-refractivity contribution in [3.8, 4) is 11.1 Å². The first-order chi connectivity index (χ1) is 13.9. The average molecular weight is 396 g/mol. The molecule has 8 nitrogen and oxygen atoms in total. The Morgan fingerprint density at radius 1 is 1.03 bits per heavy atom. The molecule has 1 fully saturated rings. The second-order valence-corrected chi connectivity index (χ2v) is 7.27. The van der Waals surface area contributed by atoms with Crippen molar-refractivity contribution >= 4 is 18.0 Å². The van der Waals surface area contributed by atoms with Crippen molar-refractivity contribution in [2.24, 2.45) is 0 Å². The van der Waals surface area contributed by atoms with Crippen molar-refractivity contribution < 1.29 is 29.3 Å². The predicted octanol–water partition coefficient (Wildman–Crippen LogP) is 1.18. The van der Waals surface area contributed by atoms with E-state index in [2.05, 4.69) is 5.32 Å². The van der Waals surface area contributed by atoms with Crippen LogP contribution in [0, 0.1) is 0 Å². The number of carboxylic acids is 1. The summed E-state index contributed by atoms with van der Waals surface area (Å²) in [4.78, 5) is 36.0. The summed E-state index contributed by atoms with van der Waals surface area (Å²) in [7, 11) is 0. The van der Waals surface area contributed by atoms with E-state index in [1.165, 1.54) is 0 Å². The van der Waals surface area contributed by atoms with E-state index in [9.17, 15) is 19.5 Å². The molecule has 0 bridgehead atoms. The number of benzene rings is 2. The minimum absolute atomic E-state index is 0.0789. The van der Waals surface area contributed by atoms with Crippen LogP contribution in [0.1, 0.15) is 17.0 Å². The number of nitrogens with one attached hydrogen (secondary N) is 1. The summed E-state index contributed by atoms with van der Waals surface area (Å²) in [6, 6.07) is 15.9. The van der Waals surface area contributed by atoms with Crippen molar-refractivity contribution in [2.45, 2.75) is 11.5 Å². The second-order valence-electron chi connectivity index (χ2n) is 7.27. The van der Waals surface area contributed by atoms with Gasteiger partial charge in [0, 0.05) is 5.92 Å². The molecule has 0 saturated carbocycles. The summed E-state index contributed by atoms with van der Waals surface area (Å²) < 4.78 is 5.34. The summed E-state index contributed by atoms with van der Waals surface area (Å²) in [5.74, 6) is -1.93. The van der Waals surface area contributed by atoms with Gasteiger partial charge in [0.25, 0.3) is 0 Å². The third-order valence-corrected chi connectivity index (χ3v) is 5.38. The number of carbonyl (C=O) groups is 3. The van der Waals surface area contributed by atoms with Crippen LogP contribution in [-0.2, 0) is 14.3 Å². The number of fused-ring (bicyclic) bond motifs is 3. The molecule has 2 amide bonds. The highest BCUT2D eigenvalue weighted by molar-refractivity contribution is 5.87. The molecule has 1 aliphatic heterocycles. The molecular weight excluding hydrogens is 376 g/mol. The van der Waals surface area contributed by atoms with E-state index >= 15 is 0 Å². The molecule has 29 heavy (non-hydrogen) atoms. The van der Waals surface area contributed by atoms with E-state index in [4.69, 9.17) is 9.84 Å². The van der Waals surface area contributed by atoms with Crippen LogP contribution in [0.5, 0.6) is 0 Å². The quantitative estimate of drug-likeness (QED) is 0.699. The third kappa shape index (κ3) is 3.42. The Morgan fingerprint density at radius 3 is 2.14 bits per heavy atom. The Morgan fingerprint density at radius 2 is 1.59 bits per heavy atom. The molecule has 1 heterocycles. The molecule has 0 aromatic heterocycles. The molecule has 2 aromatic rings. The number of aliphatic carboxylic acids is 1. The molecule has 0 unspecified atom stereocenters. The average Bonchev–Trinajstić information content (AvgIpc) is 3.01. The van der Waals surface area contributed by atoms with E-state index in [1.807, 2.05) is 48.5 Å². The van der Waals surface area contributed by atoms with Crippen LogP contribution < -0.4 is 5.32 Å². The maximum atomic E-state index is 12.0. The number of nitrogens with zero attached hydrogens (tertiary/aromatic N) is 1. The Labute approximate surface area is 166 Å². The van der Waals surface area contributed by atoms with E-state index in [0.717, 1.165) is 27.2 Å². The molecular formula is C21H20N2O6. The first kappa shape index (κ1) is 18.9. The van der Waals surface area contributed by atoms with Crippen LogP contribution >= 0.6 is 0 Å². The Bertz CT molecular complexity index is 937. The van der Waals surface area contributed by atoms with Crippen molar-refractivity contribution in [2.75, 3.05) is 26.2 Å². The third-order valence-electron chi connectivity index (χ3n) is 5.38. The molecule has 2 aromatic carbocycles. The smallest absolute Gasteiger partial charge is 0.407 e. The van der Waals surface area contributed by atoms with Gasteiger partial charge in [0.15, 0.2) is 5.60 Å². The van der Waals surface area contributed by atoms with Crippen LogP contribution in [0.4, 0.5) is 4.79 Å². The highest BCUT2D eigenvalue weighted by Crippen LogP contribution is 2.44. The summed E-state index contributed by atoms with van der Waals surface area (Å²) in [5.41, 5.74) is 2.52. The van der Waals surface area contributed by atoms with Crippen molar-refractivity contribution in [1.82, 2.24) is 10.2 Å². The molecule has 8 heteroatoms. The van der Waals surface area contributed by atoms with E-state index in [1.54, 1.807) is 0 Å². The molecule has 4 rings (SSSR count). The summed E-state index contributed by atoms with van der Waals surface area (Å²) >= 11 is 0. The zero-order valence-electron chi connectivity index (χ0n) is 15.5. The number of likely N-dealkylation sites (tertiary alicyclic amines) is 1. The molecule has 2 aliphatic rings. The zero-order valence-corrected chi connectivity index (χ0v) is 15.5. The monoisotopic (exact) mass is 396 g/mol. The SMILES string of the molecule is O=C(NCC(=O)N1CC(O)(C(=O)O)C1)OCC1c2ccccc2-c2ccccc21.